The van der Waals surface area contributed by atoms with E-state index in [1.807, 2.05) is 0 Å². The predicted octanol–water partition coefficient (Wildman–Crippen LogP) is -0.940. The molecule has 3 amide bonds. The molecule has 3 aliphatic heterocycles. The van der Waals surface area contributed by atoms with Crippen molar-refractivity contribution >= 4 is 70.1 Å². The Morgan fingerprint density at radius 3 is 2.57 bits per heavy atom. The quantitative estimate of drug-likeness (QED) is 0.0480. The zero-order valence-electron chi connectivity index (χ0n) is 28.2. The normalized spacial score (nSPS) is 28.4. The van der Waals surface area contributed by atoms with Gasteiger partial charge in [-0.1, -0.05) is 12.8 Å². The number of imidazole rings is 1. The summed E-state index contributed by atoms with van der Waals surface area (Å²) in [6, 6.07) is 0.109. The van der Waals surface area contributed by atoms with Crippen LogP contribution >= 0.6 is 35.2 Å². The number of carbonyl (C=O) groups excluding carboxylic acids is 3. The smallest absolute Gasteiger partial charge is 0.478 e. The lowest BCUT2D eigenvalue weighted by atomic mass is 10.0. The largest absolute Gasteiger partial charge is 0.756 e. The van der Waals surface area contributed by atoms with Crippen LogP contribution in [0.25, 0.3) is 11.2 Å². The first kappa shape index (κ1) is 42.4. The van der Waals surface area contributed by atoms with Gasteiger partial charge in [0.1, 0.15) is 30.2 Å². The van der Waals surface area contributed by atoms with E-state index in [1.165, 1.54) is 10.9 Å². The van der Waals surface area contributed by atoms with E-state index in [2.05, 4.69) is 48.6 Å². The molecule has 2 aromatic heterocycles. The third kappa shape index (κ3) is 11.4. The summed E-state index contributed by atoms with van der Waals surface area (Å²) in [5.41, 5.74) is 5.99. The van der Waals surface area contributed by atoms with Crippen LogP contribution in [0.15, 0.2) is 12.7 Å². The van der Waals surface area contributed by atoms with Gasteiger partial charge in [0.15, 0.2) is 17.7 Å². The molecule has 0 saturated carbocycles. The molecular formula is C26H39N8O16P3S-2. The van der Waals surface area contributed by atoms with E-state index in [4.69, 9.17) is 10.5 Å². The number of unbranched alkanes of at least 4 members (excludes halogenated alkanes) is 3. The lowest BCUT2D eigenvalue weighted by Gasteiger charge is -2.30. The first-order valence-corrected chi connectivity index (χ1v) is 22.0. The second-order valence-corrected chi connectivity index (χ2v) is 18.2. The van der Waals surface area contributed by atoms with Gasteiger partial charge in [-0.15, -0.1) is 0 Å². The average Bonchev–Trinajstić information content (AvgIpc) is 3.83. The number of aliphatic hydroxyl groups excluding tert-OH is 2. The van der Waals surface area contributed by atoms with Crippen LogP contribution in [0, 0.1) is 0 Å². The molecule has 0 aliphatic carbocycles. The number of phosphoric ester groups is 2. The highest BCUT2D eigenvalue weighted by Gasteiger charge is 2.46. The second kappa shape index (κ2) is 18.0. The molecule has 5 heterocycles. The van der Waals surface area contributed by atoms with E-state index in [1.54, 1.807) is 11.8 Å². The maximum atomic E-state index is 12.3. The van der Waals surface area contributed by atoms with Crippen molar-refractivity contribution in [3.05, 3.63) is 12.7 Å². The van der Waals surface area contributed by atoms with Crippen LogP contribution < -0.4 is 31.5 Å². The number of hydrogen-bond donors (Lipinski definition) is 7. The number of urea groups is 1. The SMILES string of the molecule is Nc1ncnc2c1ncn2[C@@H]1O[C@H](COP(=O)(O)OP(=O)([O-])OP(=O)([O-])OC(=O)CCCCCNC(=O)CCCC[C@@H]2SC[C@@H]3NC(=O)N[C@@H]32)C(O)C1O. The van der Waals surface area contributed by atoms with E-state index in [0.29, 0.717) is 37.5 Å². The number of ether oxygens (including phenoxy) is 1. The molecule has 54 heavy (non-hydrogen) atoms. The lowest BCUT2D eigenvalue weighted by Crippen LogP contribution is -2.36. The molecule has 3 saturated heterocycles. The lowest BCUT2D eigenvalue weighted by molar-refractivity contribution is -0.238. The summed E-state index contributed by atoms with van der Waals surface area (Å²) in [5, 5.41) is 29.7. The molecule has 2 aromatic rings. The molecular weight excluding hydrogens is 805 g/mol. The third-order valence-corrected chi connectivity index (χ3v) is 14.1. The minimum Gasteiger partial charge on any atom is -0.756 e. The molecule has 302 valence electrons. The molecule has 10 atom stereocenters. The summed E-state index contributed by atoms with van der Waals surface area (Å²) < 4.78 is 59.3. The topological polar surface area (TPSA) is 361 Å². The number of nitrogens with zero attached hydrogens (tertiary/aromatic N) is 4. The van der Waals surface area contributed by atoms with Crippen molar-refractivity contribution in [3.63, 3.8) is 0 Å². The summed E-state index contributed by atoms with van der Waals surface area (Å²) in [4.78, 5) is 81.3. The number of aromatic nitrogens is 4. The van der Waals surface area contributed by atoms with Crippen molar-refractivity contribution in [1.29, 1.82) is 0 Å². The molecule has 28 heteroatoms. The number of phosphoric acid groups is 3. The summed E-state index contributed by atoms with van der Waals surface area (Å²) >= 11 is 1.80. The van der Waals surface area contributed by atoms with Crippen molar-refractivity contribution < 1.29 is 75.4 Å². The first-order chi connectivity index (χ1) is 25.4. The number of nitrogens with two attached hydrogens (primary N) is 1. The Bertz CT molecular complexity index is 1830. The van der Waals surface area contributed by atoms with Crippen LogP contribution in [0.4, 0.5) is 10.6 Å². The number of aliphatic hydroxyl groups is 2. The summed E-state index contributed by atoms with van der Waals surface area (Å²) in [6.07, 6.45) is -0.890. The van der Waals surface area contributed by atoms with Gasteiger partial charge in [0.25, 0.3) is 7.82 Å². The van der Waals surface area contributed by atoms with E-state index in [9.17, 15) is 53.0 Å². The fourth-order valence-corrected chi connectivity index (χ4v) is 10.9. The van der Waals surface area contributed by atoms with Crippen LogP contribution in [0.5, 0.6) is 0 Å². The minimum atomic E-state index is -6.23. The Morgan fingerprint density at radius 2 is 1.80 bits per heavy atom. The van der Waals surface area contributed by atoms with Crippen LogP contribution in [0.1, 0.15) is 57.6 Å². The highest BCUT2D eigenvalue weighted by atomic mass is 32.2. The highest BCUT2D eigenvalue weighted by Crippen LogP contribution is 2.64. The van der Waals surface area contributed by atoms with E-state index >= 15 is 0 Å². The standard InChI is InChI=1S/C26H41N8O16P3S/c27-23-20-24(30-12-29-23)34(13-31-20)25-22(38)21(37)15(47-25)10-46-51(40,41)49-53(44,45)50-52(42,43)48-18(36)8-2-1-5-9-28-17(35)7-4-3-6-16-19-14(11-54-16)32-26(39)33-19/h12-16,19,21-22,25,37-38H,1-11H2,(H,28,35)(H,40,41)(H,42,43)(H,44,45)(H2,27,29,30)(H2,32,33,39)/p-2/t14-,15+,16-,19-,21?,22?,25+/m0/s1. The Labute approximate surface area is 311 Å². The fourth-order valence-electron chi connectivity index (χ4n) is 5.96. The second-order valence-electron chi connectivity index (χ2n) is 12.4. The zero-order valence-corrected chi connectivity index (χ0v) is 31.7. The number of hydrogen-bond acceptors (Lipinski definition) is 20. The number of carbonyl (C=O) groups is 3. The summed E-state index contributed by atoms with van der Waals surface area (Å²) in [7, 11) is -17.9. The molecule has 24 nitrogen and oxygen atoms in total. The van der Waals surface area contributed by atoms with Crippen molar-refractivity contribution in [1.82, 2.24) is 35.5 Å². The molecule has 5 unspecified atom stereocenters. The van der Waals surface area contributed by atoms with Gasteiger partial charge in [0.2, 0.25) is 5.91 Å². The van der Waals surface area contributed by atoms with Crippen molar-refractivity contribution in [3.8, 4) is 0 Å². The molecule has 5 rings (SSSR count). The van der Waals surface area contributed by atoms with Crippen LogP contribution in [0.3, 0.4) is 0 Å². The number of anilines is 1. The van der Waals surface area contributed by atoms with Gasteiger partial charge in [-0.25, -0.2) is 32.9 Å². The molecule has 3 aliphatic rings. The maximum absolute atomic E-state index is 12.3. The van der Waals surface area contributed by atoms with Crippen LogP contribution in [0.2, 0.25) is 0 Å². The van der Waals surface area contributed by atoms with Crippen LogP contribution in [-0.2, 0) is 45.7 Å². The Morgan fingerprint density at radius 1 is 1.04 bits per heavy atom. The van der Waals surface area contributed by atoms with Crippen molar-refractivity contribution in [2.24, 2.45) is 0 Å². The first-order valence-electron chi connectivity index (χ1n) is 16.6. The van der Waals surface area contributed by atoms with E-state index < -0.39 is 67.0 Å². The Kier molecular flexibility index (Phi) is 14.1. The average molecular weight is 845 g/mol. The predicted molar refractivity (Wildman–Crippen MR) is 180 cm³/mol. The van der Waals surface area contributed by atoms with Crippen molar-refractivity contribution in [2.75, 3.05) is 24.6 Å². The Balaban J connectivity index is 0.943. The van der Waals surface area contributed by atoms with E-state index in [0.717, 1.165) is 24.9 Å². The minimum absolute atomic E-state index is 0.0115. The number of amides is 3. The number of thioether (sulfide) groups is 1. The van der Waals surface area contributed by atoms with Crippen molar-refractivity contribution in [2.45, 2.75) is 93.2 Å². The van der Waals surface area contributed by atoms with Gasteiger partial charge in [0.05, 0.1) is 25.0 Å². The number of rotatable bonds is 20. The van der Waals surface area contributed by atoms with Gasteiger partial charge < -0.3 is 55.8 Å². The zero-order chi connectivity index (χ0) is 39.3. The molecule has 8 N–H and O–H groups in total. The third-order valence-electron chi connectivity index (χ3n) is 8.48. The number of nitrogens with one attached hydrogen (secondary N) is 3. The Hall–Kier alpha value is -2.76. The van der Waals surface area contributed by atoms with Gasteiger partial charge in [-0.05, 0) is 25.7 Å². The highest BCUT2D eigenvalue weighted by molar-refractivity contribution is 8.00. The summed E-state index contributed by atoms with van der Waals surface area (Å²) in [6.45, 7) is -0.752. The van der Waals surface area contributed by atoms with Gasteiger partial charge in [0, 0.05) is 30.4 Å². The molecule has 0 spiro atoms. The summed E-state index contributed by atoms with van der Waals surface area (Å²) in [5.74, 6) is -0.661. The van der Waals surface area contributed by atoms with Gasteiger partial charge in [-0.3, -0.25) is 27.8 Å². The molecule has 3 fully saturated rings. The van der Waals surface area contributed by atoms with E-state index in [-0.39, 0.29) is 47.4 Å². The van der Waals surface area contributed by atoms with Gasteiger partial charge >= 0.3 is 27.6 Å². The van der Waals surface area contributed by atoms with Gasteiger partial charge in [-0.2, -0.15) is 11.8 Å². The fraction of sp³-hybridized carbons (Fsp3) is 0.692. The van der Waals surface area contributed by atoms with Crippen LogP contribution in [-0.4, -0.2) is 107 Å². The maximum Gasteiger partial charge on any atom is 0.478 e. The molecule has 0 radical (unpaired) electrons. The molecule has 0 aromatic carbocycles. The number of nitrogen functional groups attached to an aromatic ring is 1. The number of fused-ring (bicyclic) bond motifs is 2. The monoisotopic (exact) mass is 844 g/mol. The molecule has 0 bridgehead atoms.